The van der Waals surface area contributed by atoms with Gasteiger partial charge in [0.1, 0.15) is 16.5 Å². The fourth-order valence-electron chi connectivity index (χ4n) is 2.17. The van der Waals surface area contributed by atoms with Gasteiger partial charge in [-0.3, -0.25) is 0 Å². The number of rotatable bonds is 4. The molecule has 1 saturated heterocycles. The Morgan fingerprint density at radius 1 is 1.39 bits per heavy atom. The van der Waals surface area contributed by atoms with E-state index >= 15 is 0 Å². The van der Waals surface area contributed by atoms with Gasteiger partial charge < -0.3 is 14.2 Å². The van der Waals surface area contributed by atoms with Gasteiger partial charge in [0.2, 0.25) is 0 Å². The Labute approximate surface area is 120 Å². The third-order valence-electron chi connectivity index (χ3n) is 3.10. The molecule has 0 saturated carbocycles. The van der Waals surface area contributed by atoms with Crippen LogP contribution in [0.4, 0.5) is 0 Å². The molecule has 0 aliphatic carbocycles. The predicted molar refractivity (Wildman–Crippen MR) is 75.2 cm³/mol. The lowest BCUT2D eigenvalue weighted by molar-refractivity contribution is 0.110. The van der Waals surface area contributed by atoms with E-state index in [4.69, 9.17) is 25.8 Å². The van der Waals surface area contributed by atoms with Crippen molar-refractivity contribution in [1.82, 2.24) is 0 Å². The van der Waals surface area contributed by atoms with Crippen LogP contribution >= 0.6 is 27.5 Å². The van der Waals surface area contributed by atoms with Crippen molar-refractivity contribution in [3.8, 4) is 11.5 Å². The minimum absolute atomic E-state index is 0.0818. The number of methoxy groups -OCH3 is 2. The highest BCUT2D eigenvalue weighted by Crippen LogP contribution is 2.44. The van der Waals surface area contributed by atoms with E-state index in [2.05, 4.69) is 15.9 Å². The van der Waals surface area contributed by atoms with Crippen LogP contribution in [0.3, 0.4) is 0 Å². The zero-order chi connectivity index (χ0) is 13.1. The summed E-state index contributed by atoms with van der Waals surface area (Å²) in [6.45, 7) is 0.818. The van der Waals surface area contributed by atoms with Gasteiger partial charge in [-0.05, 0) is 18.9 Å². The molecule has 1 aromatic rings. The highest BCUT2D eigenvalue weighted by molar-refractivity contribution is 9.09. The van der Waals surface area contributed by atoms with Crippen molar-refractivity contribution in [1.29, 1.82) is 0 Å². The van der Waals surface area contributed by atoms with Crippen LogP contribution in [0.15, 0.2) is 12.1 Å². The molecule has 2 unspecified atom stereocenters. The zero-order valence-electron chi connectivity index (χ0n) is 10.4. The minimum atomic E-state index is 0.0818. The third-order valence-corrected chi connectivity index (χ3v) is 4.55. The number of benzene rings is 1. The molecule has 1 heterocycles. The van der Waals surface area contributed by atoms with Gasteiger partial charge in [-0.15, -0.1) is 0 Å². The van der Waals surface area contributed by atoms with Gasteiger partial charge in [-0.25, -0.2) is 0 Å². The Bertz CT molecular complexity index is 419. The van der Waals surface area contributed by atoms with E-state index in [0.29, 0.717) is 16.5 Å². The number of hydrogen-bond donors (Lipinski definition) is 0. The van der Waals surface area contributed by atoms with Crippen molar-refractivity contribution in [2.24, 2.45) is 0 Å². The number of alkyl halides is 1. The predicted octanol–water partition coefficient (Wildman–Crippen LogP) is 3.97. The molecular formula is C13H16BrClO3. The van der Waals surface area contributed by atoms with Crippen LogP contribution in [-0.4, -0.2) is 26.9 Å². The summed E-state index contributed by atoms with van der Waals surface area (Å²) in [6.07, 6.45) is 2.31. The summed E-state index contributed by atoms with van der Waals surface area (Å²) in [6, 6.07) is 3.81. The molecule has 1 aliphatic rings. The van der Waals surface area contributed by atoms with Gasteiger partial charge >= 0.3 is 0 Å². The molecule has 2 rings (SSSR count). The highest BCUT2D eigenvalue weighted by Gasteiger charge is 2.28. The van der Waals surface area contributed by atoms with Crippen LogP contribution in [-0.2, 0) is 4.74 Å². The summed E-state index contributed by atoms with van der Waals surface area (Å²) >= 11 is 9.93. The van der Waals surface area contributed by atoms with Gasteiger partial charge in [0.05, 0.1) is 25.2 Å². The van der Waals surface area contributed by atoms with Crippen molar-refractivity contribution in [2.45, 2.75) is 23.8 Å². The molecule has 1 fully saturated rings. The lowest BCUT2D eigenvalue weighted by atomic mass is 10.0. The Hall–Kier alpha value is -0.450. The molecule has 18 heavy (non-hydrogen) atoms. The van der Waals surface area contributed by atoms with Crippen LogP contribution < -0.4 is 9.47 Å². The first-order valence-electron chi connectivity index (χ1n) is 5.85. The van der Waals surface area contributed by atoms with Gasteiger partial charge in [0.15, 0.2) is 0 Å². The van der Waals surface area contributed by atoms with Gasteiger partial charge in [0.25, 0.3) is 0 Å². The average molecular weight is 336 g/mol. The molecule has 5 heteroatoms. The molecule has 1 aliphatic heterocycles. The molecule has 1 aromatic carbocycles. The maximum absolute atomic E-state index is 6.25. The van der Waals surface area contributed by atoms with E-state index in [1.807, 2.05) is 12.1 Å². The summed E-state index contributed by atoms with van der Waals surface area (Å²) in [7, 11) is 3.20. The normalized spacial score (nSPS) is 20.8. The van der Waals surface area contributed by atoms with Crippen LogP contribution in [0.2, 0.25) is 5.02 Å². The average Bonchev–Trinajstić information content (AvgIpc) is 2.91. The summed E-state index contributed by atoms with van der Waals surface area (Å²) in [5, 5.41) is 0.500. The van der Waals surface area contributed by atoms with Crippen molar-refractivity contribution in [3.63, 3.8) is 0 Å². The maximum Gasteiger partial charge on any atom is 0.145 e. The van der Waals surface area contributed by atoms with Crippen LogP contribution in [0.1, 0.15) is 23.2 Å². The third kappa shape index (κ3) is 2.60. The Morgan fingerprint density at radius 3 is 2.72 bits per heavy atom. The standard InChI is InChI=1S/C13H16BrClO3/c1-16-10-6-5-8(13(17-2)12(10)15)11(14)9-4-3-7-18-9/h5-6,9,11H,3-4,7H2,1-2H3. The summed E-state index contributed by atoms with van der Waals surface area (Å²) in [5.74, 6) is 1.26. The number of ether oxygens (including phenoxy) is 3. The molecule has 100 valence electrons. The highest BCUT2D eigenvalue weighted by atomic mass is 79.9. The summed E-state index contributed by atoms with van der Waals surface area (Å²) in [4.78, 5) is 0.0818. The Morgan fingerprint density at radius 2 is 2.17 bits per heavy atom. The molecule has 3 nitrogen and oxygen atoms in total. The van der Waals surface area contributed by atoms with Crippen LogP contribution in [0, 0.1) is 0 Å². The maximum atomic E-state index is 6.25. The minimum Gasteiger partial charge on any atom is -0.495 e. The van der Waals surface area contributed by atoms with Crippen LogP contribution in [0.25, 0.3) is 0 Å². The largest absolute Gasteiger partial charge is 0.495 e. The second-order valence-corrected chi connectivity index (χ2v) is 5.52. The first kappa shape index (κ1) is 14.0. The lowest BCUT2D eigenvalue weighted by Gasteiger charge is -2.21. The molecule has 0 aromatic heterocycles. The quantitative estimate of drug-likeness (QED) is 0.779. The SMILES string of the molecule is COc1ccc(C(Br)C2CCCO2)c(OC)c1Cl. The van der Waals surface area contributed by atoms with Crippen molar-refractivity contribution >= 4 is 27.5 Å². The molecule has 2 atom stereocenters. The fraction of sp³-hybridized carbons (Fsp3) is 0.538. The molecule has 0 spiro atoms. The number of hydrogen-bond acceptors (Lipinski definition) is 3. The second-order valence-electron chi connectivity index (χ2n) is 4.16. The molecule has 0 N–H and O–H groups in total. The van der Waals surface area contributed by atoms with E-state index in [-0.39, 0.29) is 10.9 Å². The molecule has 0 amide bonds. The van der Waals surface area contributed by atoms with E-state index < -0.39 is 0 Å². The zero-order valence-corrected chi connectivity index (χ0v) is 12.8. The smallest absolute Gasteiger partial charge is 0.145 e. The van der Waals surface area contributed by atoms with E-state index in [9.17, 15) is 0 Å². The second kappa shape index (κ2) is 6.13. The topological polar surface area (TPSA) is 27.7 Å². The van der Waals surface area contributed by atoms with Crippen molar-refractivity contribution in [2.75, 3.05) is 20.8 Å². The van der Waals surface area contributed by atoms with Gasteiger partial charge in [0, 0.05) is 12.2 Å². The van der Waals surface area contributed by atoms with Crippen LogP contribution in [0.5, 0.6) is 11.5 Å². The van der Waals surface area contributed by atoms with Crippen molar-refractivity contribution in [3.05, 3.63) is 22.7 Å². The number of halogens is 2. The van der Waals surface area contributed by atoms with E-state index in [0.717, 1.165) is 25.0 Å². The monoisotopic (exact) mass is 334 g/mol. The fourth-order valence-corrected chi connectivity index (χ4v) is 3.27. The summed E-state index contributed by atoms with van der Waals surface area (Å²) < 4.78 is 16.3. The Balaban J connectivity index is 2.34. The first-order chi connectivity index (χ1) is 8.69. The van der Waals surface area contributed by atoms with Crippen molar-refractivity contribution < 1.29 is 14.2 Å². The van der Waals surface area contributed by atoms with Gasteiger partial charge in [-0.2, -0.15) is 0 Å². The van der Waals surface area contributed by atoms with E-state index in [1.165, 1.54) is 0 Å². The lowest BCUT2D eigenvalue weighted by Crippen LogP contribution is -2.13. The van der Waals surface area contributed by atoms with E-state index in [1.54, 1.807) is 14.2 Å². The molecule has 0 bridgehead atoms. The Kier molecular flexibility index (Phi) is 4.76. The van der Waals surface area contributed by atoms with Gasteiger partial charge in [-0.1, -0.05) is 33.6 Å². The molecule has 0 radical (unpaired) electrons. The molecular weight excluding hydrogens is 319 g/mol. The summed E-state index contributed by atoms with van der Waals surface area (Å²) in [5.41, 5.74) is 0.996. The first-order valence-corrected chi connectivity index (χ1v) is 7.14.